The van der Waals surface area contributed by atoms with Gasteiger partial charge in [-0.2, -0.15) is 0 Å². The van der Waals surface area contributed by atoms with Crippen LogP contribution in [0.5, 0.6) is 0 Å². The summed E-state index contributed by atoms with van der Waals surface area (Å²) >= 11 is 0. The van der Waals surface area contributed by atoms with Crippen LogP contribution in [0.2, 0.25) is 0 Å². The van der Waals surface area contributed by atoms with E-state index in [1.807, 2.05) is 0 Å². The minimum absolute atomic E-state index is 0. The van der Waals surface area contributed by atoms with Crippen LogP contribution in [0.15, 0.2) is 4.99 Å². The molecule has 0 aromatic carbocycles. The van der Waals surface area contributed by atoms with E-state index in [0.29, 0.717) is 5.96 Å². The van der Waals surface area contributed by atoms with Crippen molar-refractivity contribution in [1.82, 2.24) is 15.1 Å². The van der Waals surface area contributed by atoms with Gasteiger partial charge in [-0.05, 0) is 26.3 Å². The molecule has 0 atom stereocenters. The fourth-order valence-electron chi connectivity index (χ4n) is 3.26. The molecule has 6 nitrogen and oxygen atoms in total. The van der Waals surface area contributed by atoms with Crippen LogP contribution in [-0.4, -0.2) is 81.3 Å². The maximum absolute atomic E-state index is 5.92. The molecule has 0 bridgehead atoms. The van der Waals surface area contributed by atoms with Gasteiger partial charge in [0, 0.05) is 45.3 Å². The van der Waals surface area contributed by atoms with E-state index in [4.69, 9.17) is 10.5 Å². The number of aliphatic imine (C=N–C) groups is 1. The molecule has 136 valence electrons. The van der Waals surface area contributed by atoms with Crippen molar-refractivity contribution in [2.45, 2.75) is 38.1 Å². The van der Waals surface area contributed by atoms with Crippen molar-refractivity contribution in [3.8, 4) is 0 Å². The third-order valence-electron chi connectivity index (χ3n) is 4.74. The molecule has 0 spiro atoms. The molecule has 2 rings (SSSR count). The molecular weight excluding hydrogens is 405 g/mol. The Kier molecular flexibility index (Phi) is 11.2. The van der Waals surface area contributed by atoms with E-state index in [0.717, 1.165) is 64.9 Å². The summed E-state index contributed by atoms with van der Waals surface area (Å²) in [5.41, 5.74) is 5.92. The van der Waals surface area contributed by atoms with Crippen molar-refractivity contribution in [2.24, 2.45) is 10.7 Å². The molecule has 1 aliphatic carbocycles. The maximum atomic E-state index is 5.92. The molecule has 1 saturated heterocycles. The normalized spacial score (nSPS) is 20.7. The zero-order chi connectivity index (χ0) is 15.6. The Morgan fingerprint density at radius 3 is 2.70 bits per heavy atom. The first kappa shape index (κ1) is 20.9. The number of morpholine rings is 1. The van der Waals surface area contributed by atoms with Gasteiger partial charge in [-0.15, -0.1) is 24.0 Å². The van der Waals surface area contributed by atoms with Gasteiger partial charge in [0.25, 0.3) is 0 Å². The summed E-state index contributed by atoms with van der Waals surface area (Å²) in [4.78, 5) is 9.29. The highest BCUT2D eigenvalue weighted by Crippen LogP contribution is 2.21. The van der Waals surface area contributed by atoms with Crippen molar-refractivity contribution < 1.29 is 4.74 Å². The Hall–Kier alpha value is -0.120. The Bertz CT molecular complexity index is 330. The monoisotopic (exact) mass is 439 g/mol. The van der Waals surface area contributed by atoms with Gasteiger partial charge in [0.15, 0.2) is 5.96 Å². The Labute approximate surface area is 158 Å². The van der Waals surface area contributed by atoms with Gasteiger partial charge in [-0.3, -0.25) is 9.89 Å². The van der Waals surface area contributed by atoms with E-state index < -0.39 is 0 Å². The molecule has 2 fully saturated rings. The zero-order valence-electron chi connectivity index (χ0n) is 14.5. The van der Waals surface area contributed by atoms with Crippen LogP contribution >= 0.6 is 24.0 Å². The van der Waals surface area contributed by atoms with E-state index >= 15 is 0 Å². The molecule has 1 aliphatic heterocycles. The Balaban J connectivity index is 0.00000264. The minimum atomic E-state index is 0. The van der Waals surface area contributed by atoms with Crippen molar-refractivity contribution in [3.63, 3.8) is 0 Å². The van der Waals surface area contributed by atoms with Crippen molar-refractivity contribution in [1.29, 1.82) is 0 Å². The van der Waals surface area contributed by atoms with Gasteiger partial charge >= 0.3 is 0 Å². The fourth-order valence-corrected chi connectivity index (χ4v) is 3.26. The number of likely N-dealkylation sites (N-methyl/N-ethyl adjacent to an activating group) is 1. The fraction of sp³-hybridized carbons (Fsp3) is 0.938. The van der Waals surface area contributed by atoms with E-state index in [2.05, 4.69) is 27.2 Å². The van der Waals surface area contributed by atoms with E-state index in [-0.39, 0.29) is 24.0 Å². The molecule has 1 saturated carbocycles. The van der Waals surface area contributed by atoms with E-state index in [1.54, 1.807) is 0 Å². The molecular formula is C16H34IN5O. The van der Waals surface area contributed by atoms with Crippen LogP contribution < -0.4 is 11.1 Å². The highest BCUT2D eigenvalue weighted by molar-refractivity contribution is 14.0. The quantitative estimate of drug-likeness (QED) is 0.257. The molecule has 23 heavy (non-hydrogen) atoms. The third kappa shape index (κ3) is 8.51. The molecule has 0 unspecified atom stereocenters. The summed E-state index contributed by atoms with van der Waals surface area (Å²) in [6, 6.07) is 0.772. The molecule has 1 heterocycles. The number of ether oxygens (including phenoxy) is 1. The lowest BCUT2D eigenvalue weighted by Gasteiger charge is -2.26. The van der Waals surface area contributed by atoms with Crippen molar-refractivity contribution in [3.05, 3.63) is 0 Å². The Morgan fingerprint density at radius 1 is 1.30 bits per heavy atom. The van der Waals surface area contributed by atoms with Gasteiger partial charge in [-0.1, -0.05) is 12.8 Å². The van der Waals surface area contributed by atoms with Crippen LogP contribution in [0.3, 0.4) is 0 Å². The summed E-state index contributed by atoms with van der Waals surface area (Å²) in [6.45, 7) is 7.62. The maximum Gasteiger partial charge on any atom is 0.188 e. The summed E-state index contributed by atoms with van der Waals surface area (Å²) in [6.07, 6.45) is 6.53. The summed E-state index contributed by atoms with van der Waals surface area (Å²) in [5, 5.41) is 3.23. The first-order valence-corrected chi connectivity index (χ1v) is 8.80. The van der Waals surface area contributed by atoms with Crippen LogP contribution in [0, 0.1) is 0 Å². The number of hydrogen-bond donors (Lipinski definition) is 2. The molecule has 2 aliphatic rings. The highest BCUT2D eigenvalue weighted by atomic mass is 127. The second-order valence-corrected chi connectivity index (χ2v) is 6.42. The first-order chi connectivity index (χ1) is 10.8. The average Bonchev–Trinajstić information content (AvgIpc) is 3.07. The van der Waals surface area contributed by atoms with E-state index in [1.165, 1.54) is 25.7 Å². The lowest BCUT2D eigenvalue weighted by molar-refractivity contribution is 0.0377. The van der Waals surface area contributed by atoms with Gasteiger partial charge in [0.1, 0.15) is 0 Å². The summed E-state index contributed by atoms with van der Waals surface area (Å²) in [7, 11) is 2.22. The number of hydrogen-bond acceptors (Lipinski definition) is 4. The van der Waals surface area contributed by atoms with Gasteiger partial charge in [0.2, 0.25) is 0 Å². The standard InChI is InChI=1S/C16H33N5O.HI/c1-20(15-5-2-3-6-15)10-8-19-16(17)18-7-4-9-21-11-13-22-14-12-21;/h15H,2-14H2,1H3,(H3,17,18,19);1H. The SMILES string of the molecule is CN(CCNC(N)=NCCCN1CCOCC1)C1CCCC1.I. The molecule has 0 aromatic heterocycles. The van der Waals surface area contributed by atoms with Gasteiger partial charge in [-0.25, -0.2) is 0 Å². The number of guanidine groups is 1. The molecule has 0 radical (unpaired) electrons. The second kappa shape index (κ2) is 12.3. The second-order valence-electron chi connectivity index (χ2n) is 6.42. The molecule has 0 amide bonds. The lowest BCUT2D eigenvalue weighted by atomic mass is 10.2. The topological polar surface area (TPSA) is 66.1 Å². The van der Waals surface area contributed by atoms with Gasteiger partial charge < -0.3 is 20.7 Å². The summed E-state index contributed by atoms with van der Waals surface area (Å²) < 4.78 is 5.34. The minimum Gasteiger partial charge on any atom is -0.379 e. The van der Waals surface area contributed by atoms with Crippen LogP contribution in [0.25, 0.3) is 0 Å². The predicted octanol–water partition coefficient (Wildman–Crippen LogP) is 1.11. The molecule has 7 heteroatoms. The number of nitrogens with one attached hydrogen (secondary N) is 1. The van der Waals surface area contributed by atoms with E-state index in [9.17, 15) is 0 Å². The largest absolute Gasteiger partial charge is 0.379 e. The summed E-state index contributed by atoms with van der Waals surface area (Å²) in [5.74, 6) is 0.585. The zero-order valence-corrected chi connectivity index (χ0v) is 16.8. The number of nitrogens with zero attached hydrogens (tertiary/aromatic N) is 3. The van der Waals surface area contributed by atoms with Crippen molar-refractivity contribution >= 4 is 29.9 Å². The first-order valence-electron chi connectivity index (χ1n) is 8.80. The lowest BCUT2D eigenvalue weighted by Crippen LogP contribution is -2.40. The Morgan fingerprint density at radius 2 is 2.00 bits per heavy atom. The highest BCUT2D eigenvalue weighted by Gasteiger charge is 2.18. The number of halogens is 1. The van der Waals surface area contributed by atoms with Crippen LogP contribution in [0.4, 0.5) is 0 Å². The van der Waals surface area contributed by atoms with Crippen LogP contribution in [-0.2, 0) is 4.74 Å². The van der Waals surface area contributed by atoms with Crippen molar-refractivity contribution in [2.75, 3.05) is 59.5 Å². The average molecular weight is 439 g/mol. The number of nitrogens with two attached hydrogens (primary N) is 1. The molecule has 3 N–H and O–H groups in total. The number of rotatable bonds is 8. The smallest absolute Gasteiger partial charge is 0.188 e. The van der Waals surface area contributed by atoms with Crippen LogP contribution in [0.1, 0.15) is 32.1 Å². The predicted molar refractivity (Wildman–Crippen MR) is 107 cm³/mol. The van der Waals surface area contributed by atoms with Gasteiger partial charge in [0.05, 0.1) is 13.2 Å². The molecule has 0 aromatic rings. The third-order valence-corrected chi connectivity index (χ3v) is 4.74.